The van der Waals surface area contributed by atoms with Gasteiger partial charge in [-0.15, -0.1) is 0 Å². The van der Waals surface area contributed by atoms with Gasteiger partial charge in [0.1, 0.15) is 24.5 Å². The number of benzene rings is 1. The maximum absolute atomic E-state index is 9.83. The molecule has 4 heteroatoms. The normalized spacial score (nSPS) is 12.8. The van der Waals surface area contributed by atoms with Crippen molar-refractivity contribution >= 4 is 0 Å². The zero-order chi connectivity index (χ0) is 15.0. The van der Waals surface area contributed by atoms with Crippen LogP contribution in [0.15, 0.2) is 24.3 Å². The molecule has 0 radical (unpaired) electrons. The van der Waals surface area contributed by atoms with Crippen molar-refractivity contribution in [2.75, 3.05) is 19.7 Å². The molecule has 2 N–H and O–H groups in total. The predicted octanol–water partition coefficient (Wildman–Crippen LogP) is 2.32. The molecule has 0 aromatic heterocycles. The summed E-state index contributed by atoms with van der Waals surface area (Å²) in [6.07, 6.45) is 0.472. The Hall–Kier alpha value is -1.57. The highest BCUT2D eigenvalue weighted by molar-refractivity contribution is 5.42. The van der Waals surface area contributed by atoms with Crippen LogP contribution in [0.2, 0.25) is 0 Å². The topological polar surface area (TPSA) is 65.3 Å². The highest BCUT2D eigenvalue weighted by atomic mass is 16.5. The van der Waals surface area contributed by atoms with Crippen LogP contribution in [0.5, 0.6) is 5.75 Å². The van der Waals surface area contributed by atoms with Crippen LogP contribution >= 0.6 is 0 Å². The number of nitrogens with zero attached hydrogens (tertiary/aromatic N) is 1. The molecule has 20 heavy (non-hydrogen) atoms. The smallest absolute Gasteiger partial charge is 0.137 e. The molecule has 0 aliphatic rings. The van der Waals surface area contributed by atoms with Crippen LogP contribution < -0.4 is 10.1 Å². The average Bonchev–Trinajstić information content (AvgIpc) is 2.40. The Bertz CT molecular complexity index is 447. The molecule has 0 fully saturated rings. The van der Waals surface area contributed by atoms with Crippen molar-refractivity contribution in [1.29, 1.82) is 5.26 Å². The third-order valence-corrected chi connectivity index (χ3v) is 2.87. The van der Waals surface area contributed by atoms with Crippen molar-refractivity contribution in [3.05, 3.63) is 29.8 Å². The molecule has 1 rings (SSSR count). The van der Waals surface area contributed by atoms with Gasteiger partial charge < -0.3 is 15.2 Å². The van der Waals surface area contributed by atoms with Gasteiger partial charge in [-0.3, -0.25) is 0 Å². The second-order valence-electron chi connectivity index (χ2n) is 6.09. The number of nitriles is 1. The predicted molar refractivity (Wildman–Crippen MR) is 79.6 cm³/mol. The van der Waals surface area contributed by atoms with Gasteiger partial charge in [0.05, 0.1) is 5.56 Å². The monoisotopic (exact) mass is 276 g/mol. The molecule has 4 nitrogen and oxygen atoms in total. The molecule has 0 heterocycles. The number of ether oxygens (including phenoxy) is 1. The van der Waals surface area contributed by atoms with Gasteiger partial charge in [-0.1, -0.05) is 32.9 Å². The second kappa shape index (κ2) is 7.88. The van der Waals surface area contributed by atoms with Crippen molar-refractivity contribution in [2.24, 2.45) is 5.41 Å². The number of aliphatic hydroxyl groups is 1. The van der Waals surface area contributed by atoms with E-state index in [-0.39, 0.29) is 6.61 Å². The van der Waals surface area contributed by atoms with E-state index >= 15 is 0 Å². The summed E-state index contributed by atoms with van der Waals surface area (Å²) in [4.78, 5) is 0. The second-order valence-corrected chi connectivity index (χ2v) is 6.09. The van der Waals surface area contributed by atoms with E-state index in [1.807, 2.05) is 6.07 Å². The van der Waals surface area contributed by atoms with E-state index in [1.165, 1.54) is 0 Å². The van der Waals surface area contributed by atoms with Crippen LogP contribution in [0.1, 0.15) is 32.8 Å². The number of hydrogen-bond acceptors (Lipinski definition) is 4. The first-order chi connectivity index (χ1) is 9.42. The van der Waals surface area contributed by atoms with Gasteiger partial charge in [0, 0.05) is 6.54 Å². The van der Waals surface area contributed by atoms with Crippen LogP contribution in [0, 0.1) is 16.7 Å². The molecule has 110 valence electrons. The minimum absolute atomic E-state index is 0.182. The molecule has 0 amide bonds. The van der Waals surface area contributed by atoms with Gasteiger partial charge in [0.15, 0.2) is 0 Å². The average molecular weight is 276 g/mol. The first kappa shape index (κ1) is 16.5. The highest BCUT2D eigenvalue weighted by Gasteiger charge is 2.11. The van der Waals surface area contributed by atoms with Crippen molar-refractivity contribution in [3.63, 3.8) is 0 Å². The molecule has 0 spiro atoms. The molecule has 1 aromatic rings. The number of hydrogen-bond donors (Lipinski definition) is 2. The Morgan fingerprint density at radius 2 is 2.05 bits per heavy atom. The van der Waals surface area contributed by atoms with Crippen LogP contribution in [-0.2, 0) is 0 Å². The summed E-state index contributed by atoms with van der Waals surface area (Å²) in [7, 11) is 0. The van der Waals surface area contributed by atoms with E-state index in [9.17, 15) is 5.11 Å². The van der Waals surface area contributed by atoms with Crippen LogP contribution in [0.4, 0.5) is 0 Å². The van der Waals surface area contributed by atoms with Gasteiger partial charge in [-0.2, -0.15) is 5.26 Å². The van der Waals surface area contributed by atoms with Crippen LogP contribution in [0.25, 0.3) is 0 Å². The number of nitrogens with one attached hydrogen (secondary N) is 1. The lowest BCUT2D eigenvalue weighted by molar-refractivity contribution is 0.105. The van der Waals surface area contributed by atoms with E-state index in [2.05, 4.69) is 32.2 Å². The summed E-state index contributed by atoms with van der Waals surface area (Å²) in [5, 5.41) is 22.0. The van der Waals surface area contributed by atoms with Crippen molar-refractivity contribution in [2.45, 2.75) is 33.3 Å². The van der Waals surface area contributed by atoms with Crippen molar-refractivity contribution in [1.82, 2.24) is 5.32 Å². The molecule has 1 atom stereocenters. The summed E-state index contributed by atoms with van der Waals surface area (Å²) >= 11 is 0. The van der Waals surface area contributed by atoms with E-state index < -0.39 is 6.10 Å². The lowest BCUT2D eigenvalue weighted by Crippen LogP contribution is -2.33. The molecule has 1 unspecified atom stereocenters. The molecule has 0 aliphatic carbocycles. The maximum atomic E-state index is 9.83. The largest absolute Gasteiger partial charge is 0.489 e. The van der Waals surface area contributed by atoms with Gasteiger partial charge >= 0.3 is 0 Å². The van der Waals surface area contributed by atoms with E-state index in [4.69, 9.17) is 10.00 Å². The van der Waals surface area contributed by atoms with Gasteiger partial charge in [-0.05, 0) is 30.5 Å². The van der Waals surface area contributed by atoms with Crippen LogP contribution in [0.3, 0.4) is 0 Å². The quantitative estimate of drug-likeness (QED) is 0.750. The molecule has 0 bridgehead atoms. The summed E-state index contributed by atoms with van der Waals surface area (Å²) in [5.41, 5.74) is 0.778. The molecule has 0 saturated carbocycles. The highest BCUT2D eigenvalue weighted by Crippen LogP contribution is 2.17. The van der Waals surface area contributed by atoms with E-state index in [0.29, 0.717) is 23.3 Å². The molecule has 0 saturated heterocycles. The zero-order valence-electron chi connectivity index (χ0n) is 12.5. The molecule has 0 aliphatic heterocycles. The minimum Gasteiger partial charge on any atom is -0.489 e. The molecule has 1 aromatic carbocycles. The Balaban J connectivity index is 2.26. The van der Waals surface area contributed by atoms with Gasteiger partial charge in [-0.25, -0.2) is 0 Å². The van der Waals surface area contributed by atoms with Gasteiger partial charge in [0.2, 0.25) is 0 Å². The fraction of sp³-hybridized carbons (Fsp3) is 0.562. The zero-order valence-corrected chi connectivity index (χ0v) is 12.5. The fourth-order valence-corrected chi connectivity index (χ4v) is 1.66. The van der Waals surface area contributed by atoms with Crippen molar-refractivity contribution in [3.8, 4) is 11.8 Å². The SMILES string of the molecule is CC(C)(C)CCNCC(O)COc1ccccc1C#N. The number of rotatable bonds is 7. The Morgan fingerprint density at radius 3 is 2.70 bits per heavy atom. The first-order valence-electron chi connectivity index (χ1n) is 6.93. The summed E-state index contributed by atoms with van der Waals surface area (Å²) in [6, 6.07) is 9.10. The Morgan fingerprint density at radius 1 is 1.35 bits per heavy atom. The van der Waals surface area contributed by atoms with Crippen LogP contribution in [-0.4, -0.2) is 30.9 Å². The van der Waals surface area contributed by atoms with Gasteiger partial charge in [0.25, 0.3) is 0 Å². The standard InChI is InChI=1S/C16H24N2O2/c1-16(2,3)8-9-18-11-14(19)12-20-15-7-5-4-6-13(15)10-17/h4-7,14,18-19H,8-9,11-12H2,1-3H3. The third kappa shape index (κ3) is 6.55. The minimum atomic E-state index is -0.582. The van der Waals surface area contributed by atoms with Crippen molar-refractivity contribution < 1.29 is 9.84 Å². The maximum Gasteiger partial charge on any atom is 0.137 e. The lowest BCUT2D eigenvalue weighted by atomic mass is 9.92. The van der Waals surface area contributed by atoms with E-state index in [0.717, 1.165) is 13.0 Å². The summed E-state index contributed by atoms with van der Waals surface area (Å²) in [6.45, 7) is 8.11. The molecular formula is C16H24N2O2. The number of aliphatic hydroxyl groups excluding tert-OH is 1. The number of para-hydroxylation sites is 1. The summed E-state index contributed by atoms with van der Waals surface area (Å²) in [5.74, 6) is 0.517. The Labute approximate surface area is 121 Å². The molecular weight excluding hydrogens is 252 g/mol. The lowest BCUT2D eigenvalue weighted by Gasteiger charge is -2.19. The fourth-order valence-electron chi connectivity index (χ4n) is 1.66. The summed E-state index contributed by atoms with van der Waals surface area (Å²) < 4.78 is 5.48. The Kier molecular flexibility index (Phi) is 6.50. The third-order valence-electron chi connectivity index (χ3n) is 2.87. The van der Waals surface area contributed by atoms with E-state index in [1.54, 1.807) is 18.2 Å². The first-order valence-corrected chi connectivity index (χ1v) is 6.93.